The second-order valence-electron chi connectivity index (χ2n) is 16.4. The highest BCUT2D eigenvalue weighted by molar-refractivity contribution is 6.35. The van der Waals surface area contributed by atoms with Crippen LogP contribution in [-0.2, 0) is 5.41 Å². The summed E-state index contributed by atoms with van der Waals surface area (Å²) in [6.45, 7) is 4.75. The van der Waals surface area contributed by atoms with Crippen LogP contribution in [0.15, 0.2) is 205 Å². The van der Waals surface area contributed by atoms with Crippen molar-refractivity contribution >= 4 is 60.5 Å². The second kappa shape index (κ2) is 12.8. The highest BCUT2D eigenvalue weighted by Gasteiger charge is 2.38. The summed E-state index contributed by atoms with van der Waals surface area (Å²) in [5, 5.41) is 7.23. The first-order valence-electron chi connectivity index (χ1n) is 20.5. The van der Waals surface area contributed by atoms with Gasteiger partial charge in [-0.25, -0.2) is 0 Å². The number of nitrogens with zero attached hydrogens (tertiary/aromatic N) is 1. The fourth-order valence-electron chi connectivity index (χ4n) is 10.0. The maximum absolute atomic E-state index is 7.33. The number of fused-ring (bicyclic) bond motifs is 6. The number of hydrogen-bond acceptors (Lipinski definition) is 2. The molecule has 2 heteroatoms. The molecule has 10 aromatic carbocycles. The van der Waals surface area contributed by atoms with Crippen molar-refractivity contribution in [1.82, 2.24) is 0 Å². The van der Waals surface area contributed by atoms with Crippen molar-refractivity contribution in [2.24, 2.45) is 0 Å². The van der Waals surface area contributed by atoms with Crippen LogP contribution < -0.4 is 4.90 Å². The Morgan fingerprint density at radius 2 is 0.915 bits per heavy atom. The molecular weight excluding hydrogens is 715 g/mol. The molecule has 1 aliphatic rings. The van der Waals surface area contributed by atoms with Gasteiger partial charge in [-0.3, -0.25) is 0 Å². The predicted octanol–water partition coefficient (Wildman–Crippen LogP) is 16.1. The van der Waals surface area contributed by atoms with Gasteiger partial charge in [0.1, 0.15) is 5.58 Å². The van der Waals surface area contributed by atoms with Gasteiger partial charge >= 0.3 is 0 Å². The van der Waals surface area contributed by atoms with E-state index in [4.69, 9.17) is 4.42 Å². The molecule has 12 rings (SSSR count). The topological polar surface area (TPSA) is 16.4 Å². The minimum absolute atomic E-state index is 0.211. The van der Waals surface area contributed by atoms with Crippen molar-refractivity contribution in [2.75, 3.05) is 4.90 Å². The minimum Gasteiger partial charge on any atom is -0.453 e. The summed E-state index contributed by atoms with van der Waals surface area (Å²) in [6.07, 6.45) is 0. The lowest BCUT2D eigenvalue weighted by atomic mass is 9.81. The van der Waals surface area contributed by atoms with Gasteiger partial charge in [-0.05, 0) is 108 Å². The van der Waals surface area contributed by atoms with Crippen molar-refractivity contribution in [1.29, 1.82) is 0 Å². The SMILES string of the molecule is CC1(C)c2cc(N(c3ccc(-c4ccccc4)cc3)c3ccc4c5ccccc5c5ccc(-c6ccccc6)c6oc3c4c65)ccc2-c2c(-c3ccccc3)cccc21. The summed E-state index contributed by atoms with van der Waals surface area (Å²) in [7, 11) is 0. The summed E-state index contributed by atoms with van der Waals surface area (Å²) in [5.74, 6) is 0. The molecule has 0 aliphatic heterocycles. The lowest BCUT2D eigenvalue weighted by Gasteiger charge is -2.28. The van der Waals surface area contributed by atoms with Crippen molar-refractivity contribution in [2.45, 2.75) is 19.3 Å². The summed E-state index contributed by atoms with van der Waals surface area (Å²) in [4.78, 5) is 2.41. The molecule has 1 heterocycles. The average molecular weight is 754 g/mol. The van der Waals surface area contributed by atoms with Crippen LogP contribution in [0.2, 0.25) is 0 Å². The molecule has 278 valence electrons. The van der Waals surface area contributed by atoms with E-state index >= 15 is 0 Å². The molecule has 0 bridgehead atoms. The Bertz CT molecular complexity index is 3380. The van der Waals surface area contributed by atoms with Crippen LogP contribution in [-0.4, -0.2) is 0 Å². The van der Waals surface area contributed by atoms with Gasteiger partial charge in [-0.15, -0.1) is 0 Å². The molecule has 0 fully saturated rings. The number of rotatable bonds is 6. The van der Waals surface area contributed by atoms with E-state index in [1.165, 1.54) is 71.4 Å². The smallest absolute Gasteiger partial charge is 0.160 e. The van der Waals surface area contributed by atoms with Crippen LogP contribution in [0.5, 0.6) is 0 Å². The fraction of sp³-hybridized carbons (Fsp3) is 0.0526. The normalized spacial score (nSPS) is 13.1. The fourth-order valence-corrected chi connectivity index (χ4v) is 10.0. The van der Waals surface area contributed by atoms with E-state index in [2.05, 4.69) is 219 Å². The summed E-state index contributed by atoms with van der Waals surface area (Å²) in [5.41, 5.74) is 17.2. The van der Waals surface area contributed by atoms with Crippen LogP contribution in [0.4, 0.5) is 17.1 Å². The summed E-state index contributed by atoms with van der Waals surface area (Å²) in [6, 6.07) is 72.8. The molecule has 0 N–H and O–H groups in total. The number of hydrogen-bond donors (Lipinski definition) is 0. The molecular formula is C57H39NO. The third-order valence-electron chi connectivity index (χ3n) is 12.8. The predicted molar refractivity (Wildman–Crippen MR) is 248 cm³/mol. The van der Waals surface area contributed by atoms with Gasteiger partial charge < -0.3 is 9.32 Å². The largest absolute Gasteiger partial charge is 0.453 e. The Kier molecular flexibility index (Phi) is 7.31. The first-order chi connectivity index (χ1) is 29.0. The Balaban J connectivity index is 1.13. The Hall–Kier alpha value is -7.42. The lowest BCUT2D eigenvalue weighted by Crippen LogP contribution is -2.16. The summed E-state index contributed by atoms with van der Waals surface area (Å²) < 4.78 is 7.33. The molecule has 0 radical (unpaired) electrons. The van der Waals surface area contributed by atoms with E-state index in [0.717, 1.165) is 44.7 Å². The first-order valence-corrected chi connectivity index (χ1v) is 20.5. The first kappa shape index (κ1) is 33.7. The third kappa shape index (κ3) is 5.00. The average Bonchev–Trinajstić information content (AvgIpc) is 3.81. The quantitative estimate of drug-likeness (QED) is 0.157. The van der Waals surface area contributed by atoms with Gasteiger partial charge in [0.25, 0.3) is 0 Å². The van der Waals surface area contributed by atoms with E-state index in [-0.39, 0.29) is 5.41 Å². The van der Waals surface area contributed by atoms with Crippen molar-refractivity contribution < 1.29 is 4.42 Å². The van der Waals surface area contributed by atoms with Gasteiger partial charge in [0, 0.05) is 33.1 Å². The van der Waals surface area contributed by atoms with Crippen LogP contribution in [0.3, 0.4) is 0 Å². The molecule has 0 unspecified atom stereocenters. The van der Waals surface area contributed by atoms with E-state index < -0.39 is 0 Å². The molecule has 1 aromatic heterocycles. The lowest BCUT2D eigenvalue weighted by molar-refractivity contribution is 0.660. The van der Waals surface area contributed by atoms with E-state index in [0.29, 0.717) is 0 Å². The van der Waals surface area contributed by atoms with Gasteiger partial charge in [0.05, 0.1) is 5.69 Å². The highest BCUT2D eigenvalue weighted by atomic mass is 16.3. The Labute approximate surface area is 343 Å². The Morgan fingerprint density at radius 3 is 1.59 bits per heavy atom. The molecule has 59 heavy (non-hydrogen) atoms. The summed E-state index contributed by atoms with van der Waals surface area (Å²) >= 11 is 0. The van der Waals surface area contributed by atoms with E-state index in [9.17, 15) is 0 Å². The second-order valence-corrected chi connectivity index (χ2v) is 16.4. The highest BCUT2D eigenvalue weighted by Crippen LogP contribution is 2.55. The van der Waals surface area contributed by atoms with Gasteiger partial charge in [-0.2, -0.15) is 0 Å². The molecule has 11 aromatic rings. The molecule has 0 saturated carbocycles. The molecule has 0 saturated heterocycles. The number of benzene rings is 10. The van der Waals surface area contributed by atoms with E-state index in [1.54, 1.807) is 0 Å². The van der Waals surface area contributed by atoms with Gasteiger partial charge in [-0.1, -0.05) is 178 Å². The maximum atomic E-state index is 7.33. The molecule has 0 atom stereocenters. The Morgan fingerprint density at radius 1 is 0.373 bits per heavy atom. The van der Waals surface area contributed by atoms with E-state index in [1.807, 2.05) is 0 Å². The van der Waals surface area contributed by atoms with Gasteiger partial charge in [0.15, 0.2) is 5.58 Å². The molecule has 1 aliphatic carbocycles. The third-order valence-corrected chi connectivity index (χ3v) is 12.8. The standard InChI is InChI=1S/C57H39NO/c1-57(2)49-24-14-23-42(38-17-8-4-9-18-38)52(49)48-30-29-41(35-50(48)57)58(40-27-25-37(26-28-40)36-15-6-3-7-16-36)51-34-33-47-45-22-13-12-21-44(45)46-32-31-43(39-19-10-5-11-20-39)55-53(46)54(47)56(51)59-55/h3-35H,1-2H3. The molecule has 0 spiro atoms. The maximum Gasteiger partial charge on any atom is 0.160 e. The van der Waals surface area contributed by atoms with Crippen molar-refractivity contribution in [3.8, 4) is 44.5 Å². The zero-order valence-electron chi connectivity index (χ0n) is 32.9. The number of anilines is 3. The van der Waals surface area contributed by atoms with Crippen LogP contribution in [0.1, 0.15) is 25.0 Å². The zero-order chi connectivity index (χ0) is 39.2. The monoisotopic (exact) mass is 753 g/mol. The van der Waals surface area contributed by atoms with Crippen LogP contribution >= 0.6 is 0 Å². The van der Waals surface area contributed by atoms with Crippen LogP contribution in [0, 0.1) is 0 Å². The number of furan rings is 1. The minimum atomic E-state index is -0.211. The van der Waals surface area contributed by atoms with Crippen molar-refractivity contribution in [3.05, 3.63) is 211 Å². The van der Waals surface area contributed by atoms with Crippen LogP contribution in [0.25, 0.3) is 88.0 Å². The molecule has 0 amide bonds. The van der Waals surface area contributed by atoms with Crippen molar-refractivity contribution in [3.63, 3.8) is 0 Å². The van der Waals surface area contributed by atoms with Gasteiger partial charge in [0.2, 0.25) is 0 Å². The molecule has 2 nitrogen and oxygen atoms in total. The zero-order valence-corrected chi connectivity index (χ0v) is 32.9.